The van der Waals surface area contributed by atoms with Gasteiger partial charge in [-0.05, 0) is 30.9 Å². The molecule has 1 atom stereocenters. The van der Waals surface area contributed by atoms with Crippen LogP contribution in [0.1, 0.15) is 23.4 Å². The maximum Gasteiger partial charge on any atom is 0.371 e. The van der Waals surface area contributed by atoms with E-state index in [4.69, 9.17) is 9.52 Å². The predicted octanol–water partition coefficient (Wildman–Crippen LogP) is 0.612. The number of hydrogen-bond acceptors (Lipinski definition) is 4. The Balaban J connectivity index is 1.85. The number of hydrogen-bond donors (Lipinski definition) is 2. The molecule has 6 nitrogen and oxygen atoms in total. The summed E-state index contributed by atoms with van der Waals surface area (Å²) in [4.78, 5) is 22.0. The summed E-state index contributed by atoms with van der Waals surface area (Å²) in [6, 6.07) is 2.53. The van der Waals surface area contributed by atoms with E-state index in [0.717, 1.165) is 12.8 Å². The van der Waals surface area contributed by atoms with Gasteiger partial charge < -0.3 is 14.8 Å². The Labute approximate surface area is 106 Å². The quantitative estimate of drug-likeness (QED) is 0.790. The maximum absolute atomic E-state index is 11.7. The Morgan fingerprint density at radius 2 is 2.17 bits per heavy atom. The highest BCUT2D eigenvalue weighted by molar-refractivity contribution is 7.85. The summed E-state index contributed by atoms with van der Waals surface area (Å²) in [7, 11) is -1.65. The maximum atomic E-state index is 11.7. The first kappa shape index (κ1) is 12.8. The molecule has 0 saturated heterocycles. The summed E-state index contributed by atoms with van der Waals surface area (Å²) >= 11 is 0. The molecule has 0 aliphatic heterocycles. The van der Waals surface area contributed by atoms with Crippen molar-refractivity contribution in [3.63, 3.8) is 0 Å². The van der Waals surface area contributed by atoms with Crippen LogP contribution < -0.4 is 5.32 Å². The van der Waals surface area contributed by atoms with Gasteiger partial charge >= 0.3 is 5.97 Å². The van der Waals surface area contributed by atoms with Crippen LogP contribution in [0.3, 0.4) is 0 Å². The molecule has 1 unspecified atom stereocenters. The predicted molar refractivity (Wildman–Crippen MR) is 62.7 cm³/mol. The fourth-order valence-electron chi connectivity index (χ4n) is 1.38. The van der Waals surface area contributed by atoms with Crippen LogP contribution in [-0.2, 0) is 15.6 Å². The Morgan fingerprint density at radius 1 is 1.44 bits per heavy atom. The molecule has 1 aromatic rings. The number of furan rings is 1. The molecule has 2 rings (SSSR count). The van der Waals surface area contributed by atoms with Gasteiger partial charge in [-0.15, -0.1) is 0 Å². The van der Waals surface area contributed by atoms with Crippen LogP contribution in [0.5, 0.6) is 0 Å². The highest BCUT2D eigenvalue weighted by Crippen LogP contribution is 2.27. The first-order chi connectivity index (χ1) is 8.56. The summed E-state index contributed by atoms with van der Waals surface area (Å²) in [6.07, 6.45) is 2.26. The summed E-state index contributed by atoms with van der Waals surface area (Å²) in [5, 5.41) is 11.3. The molecule has 2 N–H and O–H groups in total. The van der Waals surface area contributed by atoms with Gasteiger partial charge in [0.25, 0.3) is 0 Å². The van der Waals surface area contributed by atoms with Crippen molar-refractivity contribution in [2.24, 2.45) is 5.92 Å². The monoisotopic (exact) mass is 271 g/mol. The summed E-state index contributed by atoms with van der Waals surface area (Å²) in [6.45, 7) is 0.620. The molecule has 0 aromatic carbocycles. The van der Waals surface area contributed by atoms with Gasteiger partial charge in [0.15, 0.2) is 5.09 Å². The van der Waals surface area contributed by atoms with E-state index in [1.165, 1.54) is 12.1 Å². The van der Waals surface area contributed by atoms with Gasteiger partial charge in [0.1, 0.15) is 5.75 Å². The fourth-order valence-corrected chi connectivity index (χ4v) is 2.26. The second-order valence-electron chi connectivity index (χ2n) is 4.16. The molecule has 18 heavy (non-hydrogen) atoms. The van der Waals surface area contributed by atoms with Crippen molar-refractivity contribution in [1.82, 2.24) is 5.32 Å². The second-order valence-corrected chi connectivity index (χ2v) is 5.54. The fraction of sp³-hybridized carbons (Fsp3) is 0.455. The number of carbonyl (C=O) groups is 2. The molecule has 1 aromatic heterocycles. The number of amides is 1. The van der Waals surface area contributed by atoms with Gasteiger partial charge in [0.05, 0.1) is 10.8 Å². The van der Waals surface area contributed by atoms with Crippen LogP contribution in [0, 0.1) is 5.92 Å². The molecule has 1 amide bonds. The normalized spacial score (nSPS) is 16.2. The SMILES string of the molecule is O=C(CS(=O)c1ccc(C(=O)O)o1)NCC1CC1. The van der Waals surface area contributed by atoms with Gasteiger partial charge in [0, 0.05) is 6.54 Å². The lowest BCUT2D eigenvalue weighted by molar-refractivity contribution is -0.118. The minimum Gasteiger partial charge on any atom is -0.475 e. The summed E-state index contributed by atoms with van der Waals surface area (Å²) in [5.41, 5.74) is 0. The van der Waals surface area contributed by atoms with E-state index >= 15 is 0 Å². The van der Waals surface area contributed by atoms with Crippen molar-refractivity contribution in [1.29, 1.82) is 0 Å². The number of aromatic carboxylic acids is 1. The van der Waals surface area contributed by atoms with E-state index < -0.39 is 16.8 Å². The standard InChI is InChI=1S/C11H13NO5S/c13-9(12-5-7-1-2-7)6-18(16)10-4-3-8(17-10)11(14)15/h3-4,7H,1-2,5-6H2,(H,12,13)(H,14,15). The van der Waals surface area contributed by atoms with Crippen LogP contribution >= 0.6 is 0 Å². The van der Waals surface area contributed by atoms with Crippen molar-refractivity contribution in [2.75, 3.05) is 12.3 Å². The zero-order valence-corrected chi connectivity index (χ0v) is 10.4. The smallest absolute Gasteiger partial charge is 0.371 e. The third kappa shape index (κ3) is 3.43. The first-order valence-corrected chi connectivity index (χ1v) is 6.86. The Kier molecular flexibility index (Phi) is 3.81. The van der Waals surface area contributed by atoms with E-state index in [1.54, 1.807) is 0 Å². The van der Waals surface area contributed by atoms with Crippen molar-refractivity contribution in [2.45, 2.75) is 17.9 Å². The minimum atomic E-state index is -1.65. The van der Waals surface area contributed by atoms with Crippen molar-refractivity contribution in [3.8, 4) is 0 Å². The molecular weight excluding hydrogens is 258 g/mol. The number of rotatable bonds is 6. The second kappa shape index (κ2) is 5.34. The molecule has 0 radical (unpaired) electrons. The van der Waals surface area contributed by atoms with Gasteiger partial charge in [-0.25, -0.2) is 4.79 Å². The third-order valence-electron chi connectivity index (χ3n) is 2.56. The van der Waals surface area contributed by atoms with E-state index in [2.05, 4.69) is 5.32 Å². The lowest BCUT2D eigenvalue weighted by Crippen LogP contribution is -2.29. The zero-order chi connectivity index (χ0) is 13.1. The van der Waals surface area contributed by atoms with Gasteiger partial charge in [0.2, 0.25) is 11.7 Å². The molecule has 98 valence electrons. The summed E-state index contributed by atoms with van der Waals surface area (Å²) < 4.78 is 16.6. The number of carboxylic acids is 1. The molecule has 0 spiro atoms. The molecule has 0 bridgehead atoms. The average molecular weight is 271 g/mol. The zero-order valence-electron chi connectivity index (χ0n) is 9.55. The van der Waals surface area contributed by atoms with Gasteiger partial charge in [-0.1, -0.05) is 0 Å². The Hall–Kier alpha value is -1.63. The summed E-state index contributed by atoms with van der Waals surface area (Å²) in [5.74, 6) is -1.47. The average Bonchev–Trinajstić information content (AvgIpc) is 3.00. The molecule has 1 heterocycles. The first-order valence-electron chi connectivity index (χ1n) is 5.54. The van der Waals surface area contributed by atoms with Crippen LogP contribution in [-0.4, -0.2) is 33.5 Å². The molecule has 7 heteroatoms. The highest BCUT2D eigenvalue weighted by atomic mass is 32.2. The van der Waals surface area contributed by atoms with Crippen LogP contribution in [0.4, 0.5) is 0 Å². The Morgan fingerprint density at radius 3 is 2.72 bits per heavy atom. The highest BCUT2D eigenvalue weighted by Gasteiger charge is 2.22. The molecule has 1 aliphatic carbocycles. The van der Waals surface area contributed by atoms with E-state index in [9.17, 15) is 13.8 Å². The topological polar surface area (TPSA) is 96.6 Å². The van der Waals surface area contributed by atoms with Gasteiger partial charge in [-0.2, -0.15) is 0 Å². The molecular formula is C11H13NO5S. The third-order valence-corrected chi connectivity index (χ3v) is 3.76. The van der Waals surface area contributed by atoms with E-state index in [1.807, 2.05) is 0 Å². The van der Waals surface area contributed by atoms with Crippen molar-refractivity contribution < 1.29 is 23.3 Å². The van der Waals surface area contributed by atoms with E-state index in [-0.39, 0.29) is 22.5 Å². The van der Waals surface area contributed by atoms with Gasteiger partial charge in [-0.3, -0.25) is 9.00 Å². The number of carbonyl (C=O) groups excluding carboxylic acids is 1. The van der Waals surface area contributed by atoms with Crippen LogP contribution in [0.2, 0.25) is 0 Å². The molecule has 1 aliphatic rings. The lowest BCUT2D eigenvalue weighted by Gasteiger charge is -2.02. The number of carboxylic acid groups (broad SMARTS) is 1. The largest absolute Gasteiger partial charge is 0.475 e. The molecule has 1 saturated carbocycles. The van der Waals surface area contributed by atoms with E-state index in [0.29, 0.717) is 12.5 Å². The minimum absolute atomic E-state index is 0.00831. The van der Waals surface area contributed by atoms with Crippen molar-refractivity contribution in [3.05, 3.63) is 17.9 Å². The van der Waals surface area contributed by atoms with Crippen LogP contribution in [0.15, 0.2) is 21.6 Å². The van der Waals surface area contributed by atoms with Crippen LogP contribution in [0.25, 0.3) is 0 Å². The lowest BCUT2D eigenvalue weighted by atomic mass is 10.4. The molecule has 1 fully saturated rings. The Bertz CT molecular complexity index is 491. The van der Waals surface area contributed by atoms with Crippen molar-refractivity contribution >= 4 is 22.7 Å². The number of nitrogens with one attached hydrogen (secondary N) is 1.